The van der Waals surface area contributed by atoms with Gasteiger partial charge in [0.15, 0.2) is 0 Å². The second-order valence-corrected chi connectivity index (χ2v) is 2.12. The Kier molecular flexibility index (Phi) is 20.4. The van der Waals surface area contributed by atoms with Crippen molar-refractivity contribution in [3.8, 4) is 0 Å². The van der Waals surface area contributed by atoms with E-state index in [2.05, 4.69) is 18.6 Å². The lowest BCUT2D eigenvalue weighted by atomic mass is 10.2. The van der Waals surface area contributed by atoms with Gasteiger partial charge in [-0.2, -0.15) is 0 Å². The van der Waals surface area contributed by atoms with E-state index in [9.17, 15) is 0 Å². The summed E-state index contributed by atoms with van der Waals surface area (Å²) < 4.78 is 4.25. The molecule has 0 aromatic heterocycles. The molecule has 0 aliphatic rings. The molecule has 0 atom stereocenters. The zero-order valence-corrected chi connectivity index (χ0v) is 7.24. The van der Waals surface area contributed by atoms with Crippen LogP contribution in [0.25, 0.3) is 0 Å². The average molecular weight is 132 g/mol. The zero-order valence-electron chi connectivity index (χ0n) is 7.24. The number of hydrogen-bond donors (Lipinski definition) is 0. The highest BCUT2D eigenvalue weighted by molar-refractivity contribution is 4.31. The van der Waals surface area contributed by atoms with Gasteiger partial charge >= 0.3 is 0 Å². The molecule has 58 valence electrons. The van der Waals surface area contributed by atoms with Crippen molar-refractivity contribution in [1.29, 1.82) is 0 Å². The van der Waals surface area contributed by atoms with Crippen molar-refractivity contribution in [2.45, 2.75) is 39.5 Å². The van der Waals surface area contributed by atoms with E-state index in [0.717, 1.165) is 0 Å². The van der Waals surface area contributed by atoms with Crippen LogP contribution in [0.15, 0.2) is 0 Å². The summed E-state index contributed by atoms with van der Waals surface area (Å²) in [6.07, 6.45) is 5.54. The Morgan fingerprint density at radius 1 is 0.889 bits per heavy atom. The Hall–Kier alpha value is -0.0400. The molecule has 0 aromatic rings. The van der Waals surface area contributed by atoms with Crippen LogP contribution in [-0.2, 0) is 4.74 Å². The predicted molar refractivity (Wildman–Crippen MR) is 42.7 cm³/mol. The number of unbranched alkanes of at least 4 members (excludes halogenated alkanes) is 3. The van der Waals surface area contributed by atoms with E-state index in [1.54, 1.807) is 14.2 Å². The molecule has 0 heterocycles. The highest BCUT2D eigenvalue weighted by Crippen LogP contribution is 1.95. The van der Waals surface area contributed by atoms with Crippen molar-refractivity contribution in [3.63, 3.8) is 0 Å². The minimum atomic E-state index is 1.36. The van der Waals surface area contributed by atoms with Gasteiger partial charge in [0.1, 0.15) is 0 Å². The average Bonchev–Trinajstić information content (AvgIpc) is 1.86. The minimum Gasteiger partial charge on any atom is -0.388 e. The van der Waals surface area contributed by atoms with Gasteiger partial charge in [-0.25, -0.2) is 0 Å². The van der Waals surface area contributed by atoms with Gasteiger partial charge < -0.3 is 4.74 Å². The van der Waals surface area contributed by atoms with E-state index in [-0.39, 0.29) is 0 Å². The number of methoxy groups -OCH3 is 1. The molecule has 0 amide bonds. The highest BCUT2D eigenvalue weighted by Gasteiger charge is 1.75. The van der Waals surface area contributed by atoms with Gasteiger partial charge in [-0.05, 0) is 0 Å². The molecule has 0 aromatic carbocycles. The lowest BCUT2D eigenvalue weighted by Gasteiger charge is -1.86. The topological polar surface area (TPSA) is 9.23 Å². The first-order chi connectivity index (χ1) is 4.33. The lowest BCUT2D eigenvalue weighted by Crippen LogP contribution is -1.66. The molecule has 0 aliphatic heterocycles. The number of hydrogen-bond acceptors (Lipinski definition) is 1. The summed E-state index contributed by atoms with van der Waals surface area (Å²) in [4.78, 5) is 0. The van der Waals surface area contributed by atoms with Crippen LogP contribution in [0, 0.1) is 0 Å². The van der Waals surface area contributed by atoms with Crippen molar-refractivity contribution >= 4 is 0 Å². The summed E-state index contributed by atoms with van der Waals surface area (Å²) in [5, 5.41) is 0. The molecular weight excluding hydrogens is 112 g/mol. The maximum atomic E-state index is 4.25. The lowest BCUT2D eigenvalue weighted by molar-refractivity contribution is 0.277. The normalized spacial score (nSPS) is 8.00. The molecule has 0 unspecified atom stereocenters. The van der Waals surface area contributed by atoms with Crippen molar-refractivity contribution in [2.75, 3.05) is 14.2 Å². The number of rotatable bonds is 3. The molecule has 0 rings (SSSR count). The van der Waals surface area contributed by atoms with Gasteiger partial charge in [0, 0.05) is 14.2 Å². The molecule has 0 radical (unpaired) electrons. The third-order valence-electron chi connectivity index (χ3n) is 0.957. The van der Waals surface area contributed by atoms with Crippen LogP contribution in [-0.4, -0.2) is 14.2 Å². The largest absolute Gasteiger partial charge is 0.388 e. The molecular formula is C8H20O. The van der Waals surface area contributed by atoms with E-state index in [4.69, 9.17) is 0 Å². The second kappa shape index (κ2) is 15.7. The van der Waals surface area contributed by atoms with Crippen LogP contribution in [0.1, 0.15) is 39.5 Å². The molecule has 1 heteroatoms. The summed E-state index contributed by atoms with van der Waals surface area (Å²) >= 11 is 0. The molecule has 0 N–H and O–H groups in total. The number of ether oxygens (including phenoxy) is 1. The first-order valence-corrected chi connectivity index (χ1v) is 3.73. The van der Waals surface area contributed by atoms with E-state index in [1.807, 2.05) is 0 Å². The fourth-order valence-electron chi connectivity index (χ4n) is 0.500. The summed E-state index contributed by atoms with van der Waals surface area (Å²) in [5.41, 5.74) is 0. The zero-order chi connectivity index (χ0) is 7.54. The van der Waals surface area contributed by atoms with Crippen molar-refractivity contribution < 1.29 is 4.74 Å². The van der Waals surface area contributed by atoms with Gasteiger partial charge in [-0.15, -0.1) is 0 Å². The van der Waals surface area contributed by atoms with E-state index < -0.39 is 0 Å². The van der Waals surface area contributed by atoms with E-state index in [0.29, 0.717) is 0 Å². The first kappa shape index (κ1) is 11.7. The Morgan fingerprint density at radius 2 is 1.11 bits per heavy atom. The van der Waals surface area contributed by atoms with Gasteiger partial charge in [0.25, 0.3) is 0 Å². The molecule has 0 fully saturated rings. The van der Waals surface area contributed by atoms with Crippen LogP contribution in [0.2, 0.25) is 0 Å². The van der Waals surface area contributed by atoms with Crippen molar-refractivity contribution in [3.05, 3.63) is 0 Å². The molecule has 0 saturated carbocycles. The van der Waals surface area contributed by atoms with Gasteiger partial charge in [0.2, 0.25) is 0 Å². The van der Waals surface area contributed by atoms with Crippen molar-refractivity contribution in [1.82, 2.24) is 0 Å². The monoisotopic (exact) mass is 132 g/mol. The highest BCUT2D eigenvalue weighted by atomic mass is 16.4. The molecule has 0 bridgehead atoms. The van der Waals surface area contributed by atoms with Gasteiger partial charge in [-0.1, -0.05) is 39.5 Å². The minimum absolute atomic E-state index is 1.36. The van der Waals surface area contributed by atoms with Gasteiger partial charge in [0.05, 0.1) is 0 Å². The summed E-state index contributed by atoms with van der Waals surface area (Å²) in [7, 11) is 3.25. The van der Waals surface area contributed by atoms with Crippen LogP contribution >= 0.6 is 0 Å². The third-order valence-corrected chi connectivity index (χ3v) is 0.957. The molecule has 1 nitrogen and oxygen atoms in total. The maximum Gasteiger partial charge on any atom is 0.0351 e. The first-order valence-electron chi connectivity index (χ1n) is 3.73. The third kappa shape index (κ3) is 32.3. The molecule has 0 spiro atoms. The van der Waals surface area contributed by atoms with Crippen LogP contribution in [0.3, 0.4) is 0 Å². The molecule has 0 aliphatic carbocycles. The Balaban J connectivity index is 0. The van der Waals surface area contributed by atoms with Crippen LogP contribution in [0.4, 0.5) is 0 Å². The van der Waals surface area contributed by atoms with E-state index >= 15 is 0 Å². The Labute approximate surface area is 59.4 Å². The molecule has 0 saturated heterocycles. The summed E-state index contributed by atoms with van der Waals surface area (Å²) in [6.45, 7) is 4.46. The standard InChI is InChI=1S/C6H14.C2H6O/c1-3-5-6-4-2;1-3-2/h3-6H2,1-2H3;1-2H3. The smallest absolute Gasteiger partial charge is 0.0351 e. The SMILES string of the molecule is CCCCCC.COC. The second-order valence-electron chi connectivity index (χ2n) is 2.12. The predicted octanol–water partition coefficient (Wildman–Crippen LogP) is 2.85. The summed E-state index contributed by atoms with van der Waals surface area (Å²) in [5.74, 6) is 0. The van der Waals surface area contributed by atoms with Crippen LogP contribution < -0.4 is 0 Å². The van der Waals surface area contributed by atoms with Gasteiger partial charge in [-0.3, -0.25) is 0 Å². The maximum absolute atomic E-state index is 4.25. The quantitative estimate of drug-likeness (QED) is 0.536. The summed E-state index contributed by atoms with van der Waals surface area (Å²) in [6, 6.07) is 0. The molecule has 9 heavy (non-hydrogen) atoms. The Morgan fingerprint density at radius 3 is 1.22 bits per heavy atom. The van der Waals surface area contributed by atoms with E-state index in [1.165, 1.54) is 25.7 Å². The van der Waals surface area contributed by atoms with Crippen LogP contribution in [0.5, 0.6) is 0 Å². The van der Waals surface area contributed by atoms with Crippen molar-refractivity contribution in [2.24, 2.45) is 0 Å². The Bertz CT molecular complexity index is 23.7. The fraction of sp³-hybridized carbons (Fsp3) is 1.00. The fourth-order valence-corrected chi connectivity index (χ4v) is 0.500.